The fourth-order valence-electron chi connectivity index (χ4n) is 1.25. The van der Waals surface area contributed by atoms with Gasteiger partial charge in [-0.15, -0.1) is 0 Å². The summed E-state index contributed by atoms with van der Waals surface area (Å²) in [6.45, 7) is 11.7. The first-order valence-electron chi connectivity index (χ1n) is 7.06. The zero-order chi connectivity index (χ0) is 16.5. The molecule has 3 N–H and O–H groups in total. The second-order valence-corrected chi connectivity index (χ2v) is 7.76. The van der Waals surface area contributed by atoms with Crippen molar-refractivity contribution in [2.24, 2.45) is 4.99 Å². The lowest BCUT2D eigenvalue weighted by atomic mass is 10.2. The Morgan fingerprint density at radius 1 is 1.10 bits per heavy atom. The van der Waals surface area contributed by atoms with Crippen molar-refractivity contribution in [3.05, 3.63) is 0 Å². The molecule has 0 unspecified atom stereocenters. The number of hydrogen-bond donors (Lipinski definition) is 3. The maximum absolute atomic E-state index is 11.5. The van der Waals surface area contributed by atoms with Crippen molar-refractivity contribution in [1.29, 1.82) is 0 Å². The van der Waals surface area contributed by atoms with E-state index in [2.05, 4.69) is 41.0 Å². The van der Waals surface area contributed by atoms with Gasteiger partial charge >= 0.3 is 6.09 Å². The van der Waals surface area contributed by atoms with Crippen LogP contribution in [0.15, 0.2) is 4.99 Å². The number of carbonyl (C=O) groups excluding carboxylic acids is 1. The fraction of sp³-hybridized carbons (Fsp3) is 0.857. The molecule has 7 heteroatoms. The zero-order valence-electron chi connectivity index (χ0n) is 14.3. The van der Waals surface area contributed by atoms with Crippen LogP contribution in [-0.2, 0) is 4.74 Å². The van der Waals surface area contributed by atoms with Gasteiger partial charge in [0.1, 0.15) is 5.60 Å². The maximum atomic E-state index is 11.5. The quantitative estimate of drug-likeness (QED) is 0.396. The Balaban J connectivity index is 3.91. The van der Waals surface area contributed by atoms with Gasteiger partial charge in [-0.2, -0.15) is 11.8 Å². The largest absolute Gasteiger partial charge is 0.444 e. The summed E-state index contributed by atoms with van der Waals surface area (Å²) in [7, 11) is 1.72. The molecule has 21 heavy (non-hydrogen) atoms. The third-order valence-corrected chi connectivity index (χ3v) is 3.79. The standard InChI is InChI=1S/C14H30N4O2S/c1-13(2,3)20-12(19)17-9-8-16-11(15-6)18-10-14(4,5)21-7/h8-10H2,1-7H3,(H,17,19)(H2,15,16,18). The predicted molar refractivity (Wildman–Crippen MR) is 91.2 cm³/mol. The van der Waals surface area contributed by atoms with Crippen molar-refractivity contribution < 1.29 is 9.53 Å². The first-order chi connectivity index (χ1) is 9.59. The first kappa shape index (κ1) is 19.9. The van der Waals surface area contributed by atoms with E-state index in [0.29, 0.717) is 13.1 Å². The molecule has 0 fully saturated rings. The molecule has 0 aromatic rings. The van der Waals surface area contributed by atoms with Crippen molar-refractivity contribution >= 4 is 23.8 Å². The second kappa shape index (κ2) is 9.02. The number of ether oxygens (including phenoxy) is 1. The smallest absolute Gasteiger partial charge is 0.407 e. The van der Waals surface area contributed by atoms with Gasteiger partial charge in [0.05, 0.1) is 0 Å². The summed E-state index contributed by atoms with van der Waals surface area (Å²) in [5.41, 5.74) is -0.474. The summed E-state index contributed by atoms with van der Waals surface area (Å²) in [5.74, 6) is 0.725. The topological polar surface area (TPSA) is 74.8 Å². The van der Waals surface area contributed by atoms with E-state index in [1.165, 1.54) is 0 Å². The van der Waals surface area contributed by atoms with E-state index in [1.54, 1.807) is 18.8 Å². The average molecular weight is 318 g/mol. The third-order valence-electron chi connectivity index (χ3n) is 2.54. The molecule has 0 aliphatic rings. The van der Waals surface area contributed by atoms with Crippen LogP contribution < -0.4 is 16.0 Å². The highest BCUT2D eigenvalue weighted by molar-refractivity contribution is 7.99. The van der Waals surface area contributed by atoms with Crippen LogP contribution in [0.5, 0.6) is 0 Å². The van der Waals surface area contributed by atoms with Crippen LogP contribution in [0.3, 0.4) is 0 Å². The van der Waals surface area contributed by atoms with Crippen LogP contribution in [0.2, 0.25) is 0 Å². The van der Waals surface area contributed by atoms with E-state index < -0.39 is 11.7 Å². The molecule has 0 saturated heterocycles. The minimum atomic E-state index is -0.474. The molecule has 0 saturated carbocycles. The molecule has 0 aliphatic heterocycles. The Morgan fingerprint density at radius 3 is 2.14 bits per heavy atom. The highest BCUT2D eigenvalue weighted by Gasteiger charge is 2.16. The molecular weight excluding hydrogens is 288 g/mol. The highest BCUT2D eigenvalue weighted by Crippen LogP contribution is 2.19. The van der Waals surface area contributed by atoms with Crippen molar-refractivity contribution in [2.75, 3.05) is 32.9 Å². The summed E-state index contributed by atoms with van der Waals surface area (Å²) in [4.78, 5) is 15.6. The molecule has 0 atom stereocenters. The first-order valence-corrected chi connectivity index (χ1v) is 8.28. The number of carbonyl (C=O) groups is 1. The minimum absolute atomic E-state index is 0.145. The number of alkyl carbamates (subject to hydrolysis) is 1. The molecule has 0 aromatic carbocycles. The van der Waals surface area contributed by atoms with Crippen LogP contribution in [-0.4, -0.2) is 55.3 Å². The highest BCUT2D eigenvalue weighted by atomic mass is 32.2. The van der Waals surface area contributed by atoms with Crippen LogP contribution >= 0.6 is 11.8 Å². The van der Waals surface area contributed by atoms with Crippen molar-refractivity contribution in [1.82, 2.24) is 16.0 Å². The molecule has 0 spiro atoms. The number of aliphatic imine (C=N–C) groups is 1. The number of nitrogens with zero attached hydrogens (tertiary/aromatic N) is 1. The maximum Gasteiger partial charge on any atom is 0.407 e. The normalized spacial score (nSPS) is 12.8. The molecule has 1 amide bonds. The van der Waals surface area contributed by atoms with Crippen molar-refractivity contribution in [2.45, 2.75) is 45.0 Å². The SMILES string of the molecule is CN=C(NCCNC(=O)OC(C)(C)C)NCC(C)(C)SC. The molecule has 6 nitrogen and oxygen atoms in total. The van der Waals surface area contributed by atoms with E-state index in [0.717, 1.165) is 12.5 Å². The van der Waals surface area contributed by atoms with Crippen LogP contribution in [0.25, 0.3) is 0 Å². The molecule has 0 bridgehead atoms. The number of nitrogens with one attached hydrogen (secondary N) is 3. The Morgan fingerprint density at radius 2 is 1.67 bits per heavy atom. The van der Waals surface area contributed by atoms with Gasteiger partial charge in [0.2, 0.25) is 0 Å². The van der Waals surface area contributed by atoms with Gasteiger partial charge in [-0.1, -0.05) is 0 Å². The van der Waals surface area contributed by atoms with Gasteiger partial charge in [0.25, 0.3) is 0 Å². The fourth-order valence-corrected chi connectivity index (χ4v) is 1.47. The summed E-state index contributed by atoms with van der Waals surface area (Å²) in [5, 5.41) is 9.10. The average Bonchev–Trinajstić information content (AvgIpc) is 2.36. The molecule has 0 aliphatic carbocycles. The Labute approximate surface area is 132 Å². The number of hydrogen-bond acceptors (Lipinski definition) is 4. The molecule has 0 aromatic heterocycles. The number of guanidine groups is 1. The molecule has 0 rings (SSSR count). The second-order valence-electron chi connectivity index (χ2n) is 6.25. The number of amides is 1. The van der Waals surface area contributed by atoms with Gasteiger partial charge in [0.15, 0.2) is 5.96 Å². The Bertz CT molecular complexity index is 351. The van der Waals surface area contributed by atoms with Crippen LogP contribution in [0.4, 0.5) is 4.79 Å². The molecular formula is C14H30N4O2S. The number of thioether (sulfide) groups is 1. The lowest BCUT2D eigenvalue weighted by Crippen LogP contribution is -2.45. The minimum Gasteiger partial charge on any atom is -0.444 e. The van der Waals surface area contributed by atoms with Crippen LogP contribution in [0.1, 0.15) is 34.6 Å². The molecule has 124 valence electrons. The van der Waals surface area contributed by atoms with Crippen LogP contribution in [0, 0.1) is 0 Å². The van der Waals surface area contributed by atoms with E-state index in [-0.39, 0.29) is 4.75 Å². The third kappa shape index (κ3) is 11.2. The van der Waals surface area contributed by atoms with E-state index in [9.17, 15) is 4.79 Å². The van der Waals surface area contributed by atoms with Gasteiger partial charge in [-0.05, 0) is 40.9 Å². The van der Waals surface area contributed by atoms with Crippen molar-refractivity contribution in [3.8, 4) is 0 Å². The van der Waals surface area contributed by atoms with Crippen molar-refractivity contribution in [3.63, 3.8) is 0 Å². The molecule has 0 radical (unpaired) electrons. The lowest BCUT2D eigenvalue weighted by molar-refractivity contribution is 0.0529. The van der Waals surface area contributed by atoms with E-state index in [4.69, 9.17) is 4.74 Å². The Kier molecular flexibility index (Phi) is 8.54. The predicted octanol–water partition coefficient (Wildman–Crippen LogP) is 1.82. The monoisotopic (exact) mass is 318 g/mol. The number of rotatable bonds is 6. The summed E-state index contributed by atoms with van der Waals surface area (Å²) in [6.07, 6.45) is 1.68. The van der Waals surface area contributed by atoms with Gasteiger partial charge in [-0.3, -0.25) is 4.99 Å². The summed E-state index contributed by atoms with van der Waals surface area (Å²) in [6, 6.07) is 0. The Hall–Kier alpha value is -1.11. The zero-order valence-corrected chi connectivity index (χ0v) is 15.1. The lowest BCUT2D eigenvalue weighted by Gasteiger charge is -2.24. The van der Waals surface area contributed by atoms with Gasteiger partial charge < -0.3 is 20.7 Å². The summed E-state index contributed by atoms with van der Waals surface area (Å²) >= 11 is 1.80. The molecule has 0 heterocycles. The van der Waals surface area contributed by atoms with E-state index >= 15 is 0 Å². The van der Waals surface area contributed by atoms with Gasteiger partial charge in [-0.25, -0.2) is 4.79 Å². The summed E-state index contributed by atoms with van der Waals surface area (Å²) < 4.78 is 5.30. The van der Waals surface area contributed by atoms with Gasteiger partial charge in [0, 0.05) is 31.4 Å². The van der Waals surface area contributed by atoms with E-state index in [1.807, 2.05) is 20.8 Å².